The number of halogens is 2. The summed E-state index contributed by atoms with van der Waals surface area (Å²) in [4.78, 5) is 0. The fourth-order valence-electron chi connectivity index (χ4n) is 1.06. The highest BCUT2D eigenvalue weighted by Gasteiger charge is 2.15. The van der Waals surface area contributed by atoms with Crippen LogP contribution >= 0.6 is 45.2 Å². The number of nitrogens with one attached hydrogen (secondary N) is 1. The molecule has 72 valence electrons. The van der Waals surface area contributed by atoms with Gasteiger partial charge in [0.05, 0.1) is 0 Å². The summed E-state index contributed by atoms with van der Waals surface area (Å²) in [6, 6.07) is 8.33. The van der Waals surface area contributed by atoms with Gasteiger partial charge in [-0.05, 0) is 62.9 Å². The Hall–Kier alpha value is 0.440. The molecule has 2 nitrogen and oxygen atoms in total. The second-order valence-corrected chi connectivity index (χ2v) is 8.80. The maximum absolute atomic E-state index is 5.90. The molecule has 0 saturated carbocycles. The molecule has 1 rings (SSSR count). The summed E-state index contributed by atoms with van der Waals surface area (Å²) in [5.74, 6) is 0. The fourth-order valence-corrected chi connectivity index (χ4v) is 1.94. The summed E-state index contributed by atoms with van der Waals surface area (Å²) in [6.45, 7) is 0. The van der Waals surface area contributed by atoms with Gasteiger partial charge < -0.3 is 11.1 Å². The molecule has 1 aromatic carbocycles. The smallest absolute Gasteiger partial charge is 0.124 e. The first-order chi connectivity index (χ1) is 6.01. The van der Waals surface area contributed by atoms with E-state index in [0.29, 0.717) is 0 Å². The number of nitrogens with two attached hydrogens (primary N) is 1. The van der Waals surface area contributed by atoms with Crippen LogP contribution in [0.3, 0.4) is 0 Å². The van der Waals surface area contributed by atoms with E-state index in [1.807, 2.05) is 7.05 Å². The van der Waals surface area contributed by atoms with Gasteiger partial charge in [-0.1, -0.05) is 12.1 Å². The van der Waals surface area contributed by atoms with E-state index in [1.54, 1.807) is 0 Å². The predicted octanol–water partition coefficient (Wildman–Crippen LogP) is 2.75. The summed E-state index contributed by atoms with van der Waals surface area (Å²) in [5, 5.41) is 3.08. The van der Waals surface area contributed by atoms with E-state index in [2.05, 4.69) is 74.8 Å². The summed E-state index contributed by atoms with van der Waals surface area (Å²) in [5.41, 5.74) is 8.30. The number of alkyl halides is 2. The third kappa shape index (κ3) is 4.46. The van der Waals surface area contributed by atoms with E-state index in [-0.39, 0.29) is 1.55 Å². The molecule has 0 radical (unpaired) electrons. The molecule has 0 aliphatic rings. The molecule has 4 heteroatoms. The molecule has 0 saturated heterocycles. The minimum Gasteiger partial charge on any atom is -0.388 e. The Morgan fingerprint density at radius 2 is 1.85 bits per heavy atom. The van der Waals surface area contributed by atoms with Crippen LogP contribution in [-0.4, -0.2) is 8.60 Å². The highest BCUT2D eigenvalue weighted by Crippen LogP contribution is 2.25. The highest BCUT2D eigenvalue weighted by atomic mass is 127. The molecule has 0 unspecified atom stereocenters. The molecule has 0 amide bonds. The first kappa shape index (κ1) is 11.5. The van der Waals surface area contributed by atoms with Gasteiger partial charge in [-0.2, -0.15) is 0 Å². The normalized spacial score (nSPS) is 11.4. The average Bonchev–Trinajstić information content (AvgIpc) is 2.03. The lowest BCUT2D eigenvalue weighted by Gasteiger charge is -2.14. The Kier molecular flexibility index (Phi) is 4.24. The zero-order valence-corrected chi connectivity index (χ0v) is 11.7. The standard InChI is InChI=1S/C9H12I2N2/c1-13-8-4-2-7(3-5-8)6-9(10,11)12/h2-5,13H,6,12H2,1H3. The van der Waals surface area contributed by atoms with Gasteiger partial charge >= 0.3 is 0 Å². The van der Waals surface area contributed by atoms with Crippen molar-refractivity contribution in [2.45, 2.75) is 7.97 Å². The van der Waals surface area contributed by atoms with E-state index in [9.17, 15) is 0 Å². The van der Waals surface area contributed by atoms with Crippen molar-refractivity contribution in [1.29, 1.82) is 0 Å². The number of benzene rings is 1. The van der Waals surface area contributed by atoms with Crippen LogP contribution in [0.2, 0.25) is 0 Å². The topological polar surface area (TPSA) is 38.0 Å². The number of rotatable bonds is 3. The maximum Gasteiger partial charge on any atom is 0.124 e. The summed E-state index contributed by atoms with van der Waals surface area (Å²) < 4.78 is -0.184. The molecular formula is C9H12I2N2. The Bertz CT molecular complexity index is 264. The van der Waals surface area contributed by atoms with E-state index in [4.69, 9.17) is 5.73 Å². The molecular weight excluding hydrogens is 390 g/mol. The van der Waals surface area contributed by atoms with Crippen molar-refractivity contribution in [3.05, 3.63) is 29.8 Å². The summed E-state index contributed by atoms with van der Waals surface area (Å²) >= 11 is 4.49. The molecule has 13 heavy (non-hydrogen) atoms. The Morgan fingerprint density at radius 3 is 2.23 bits per heavy atom. The van der Waals surface area contributed by atoms with Crippen LogP contribution in [0.4, 0.5) is 5.69 Å². The molecule has 0 fully saturated rings. The molecule has 0 aromatic heterocycles. The van der Waals surface area contributed by atoms with Crippen molar-refractivity contribution >= 4 is 50.9 Å². The van der Waals surface area contributed by atoms with E-state index < -0.39 is 0 Å². The Labute approximate surface area is 106 Å². The second-order valence-electron chi connectivity index (χ2n) is 2.88. The van der Waals surface area contributed by atoms with Crippen LogP contribution in [0.25, 0.3) is 0 Å². The monoisotopic (exact) mass is 402 g/mol. The number of hydrogen-bond acceptors (Lipinski definition) is 2. The van der Waals surface area contributed by atoms with E-state index in [1.165, 1.54) is 5.56 Å². The lowest BCUT2D eigenvalue weighted by Crippen LogP contribution is -2.26. The quantitative estimate of drug-likeness (QED) is 0.464. The van der Waals surface area contributed by atoms with Crippen LogP contribution in [0.15, 0.2) is 24.3 Å². The van der Waals surface area contributed by atoms with Crippen LogP contribution in [0.5, 0.6) is 0 Å². The zero-order chi connectivity index (χ0) is 9.90. The predicted molar refractivity (Wildman–Crippen MR) is 74.7 cm³/mol. The molecule has 0 aliphatic carbocycles. The molecule has 0 atom stereocenters. The largest absolute Gasteiger partial charge is 0.388 e. The van der Waals surface area contributed by atoms with Gasteiger partial charge in [-0.25, -0.2) is 0 Å². The van der Waals surface area contributed by atoms with Gasteiger partial charge in [-0.3, -0.25) is 0 Å². The van der Waals surface area contributed by atoms with Crippen molar-refractivity contribution in [3.63, 3.8) is 0 Å². The van der Waals surface area contributed by atoms with Crippen LogP contribution in [0, 0.1) is 0 Å². The second kappa shape index (κ2) is 4.79. The first-order valence-corrected chi connectivity index (χ1v) is 6.10. The zero-order valence-electron chi connectivity index (χ0n) is 7.35. The molecule has 0 aliphatic heterocycles. The van der Waals surface area contributed by atoms with Gasteiger partial charge in [0.25, 0.3) is 0 Å². The van der Waals surface area contributed by atoms with Gasteiger partial charge in [0.1, 0.15) is 1.55 Å². The maximum atomic E-state index is 5.90. The molecule has 1 aromatic rings. The molecule has 0 spiro atoms. The van der Waals surface area contributed by atoms with Crippen molar-refractivity contribution in [2.75, 3.05) is 12.4 Å². The molecule has 0 heterocycles. The van der Waals surface area contributed by atoms with Crippen LogP contribution < -0.4 is 11.1 Å². The van der Waals surface area contributed by atoms with Crippen molar-refractivity contribution in [2.24, 2.45) is 5.73 Å². The minimum atomic E-state index is -0.184. The highest BCUT2D eigenvalue weighted by molar-refractivity contribution is 14.2. The third-order valence-corrected chi connectivity index (χ3v) is 2.45. The first-order valence-electron chi connectivity index (χ1n) is 3.95. The van der Waals surface area contributed by atoms with Crippen molar-refractivity contribution < 1.29 is 0 Å². The van der Waals surface area contributed by atoms with E-state index in [0.717, 1.165) is 12.1 Å². The van der Waals surface area contributed by atoms with E-state index >= 15 is 0 Å². The summed E-state index contributed by atoms with van der Waals surface area (Å²) in [7, 11) is 1.92. The molecule has 3 N–H and O–H groups in total. The van der Waals surface area contributed by atoms with Gasteiger partial charge in [0.15, 0.2) is 0 Å². The third-order valence-electron chi connectivity index (χ3n) is 1.68. The lowest BCUT2D eigenvalue weighted by molar-refractivity contribution is 0.908. The van der Waals surface area contributed by atoms with Crippen LogP contribution in [0.1, 0.15) is 5.56 Å². The van der Waals surface area contributed by atoms with Crippen LogP contribution in [-0.2, 0) is 6.42 Å². The SMILES string of the molecule is CNc1ccc(CC(N)(I)I)cc1. The van der Waals surface area contributed by atoms with Crippen molar-refractivity contribution in [1.82, 2.24) is 0 Å². The average molecular weight is 402 g/mol. The number of anilines is 1. The summed E-state index contributed by atoms with van der Waals surface area (Å²) in [6.07, 6.45) is 0.887. The van der Waals surface area contributed by atoms with Gasteiger partial charge in [-0.15, -0.1) is 0 Å². The Balaban J connectivity index is 2.70. The van der Waals surface area contributed by atoms with Gasteiger partial charge in [0, 0.05) is 19.2 Å². The van der Waals surface area contributed by atoms with Gasteiger partial charge in [0.2, 0.25) is 0 Å². The minimum absolute atomic E-state index is 0.184. The Morgan fingerprint density at radius 1 is 1.31 bits per heavy atom. The lowest BCUT2D eigenvalue weighted by atomic mass is 10.1. The van der Waals surface area contributed by atoms with Crippen molar-refractivity contribution in [3.8, 4) is 0 Å². The number of hydrogen-bond donors (Lipinski definition) is 2. The fraction of sp³-hybridized carbons (Fsp3) is 0.333. The molecule has 0 bridgehead atoms.